The van der Waals surface area contributed by atoms with Gasteiger partial charge in [0.15, 0.2) is 0 Å². The lowest BCUT2D eigenvalue weighted by atomic mass is 10.2. The summed E-state index contributed by atoms with van der Waals surface area (Å²) in [6, 6.07) is 3.59. The number of hydrogen-bond acceptors (Lipinski definition) is 6. The molecule has 2 aromatic rings. The van der Waals surface area contributed by atoms with Gasteiger partial charge in [0.05, 0.1) is 12.8 Å². The fourth-order valence-electron chi connectivity index (χ4n) is 1.56. The predicted octanol–water partition coefficient (Wildman–Crippen LogP) is 1.98. The van der Waals surface area contributed by atoms with Gasteiger partial charge in [0, 0.05) is 4.47 Å². The maximum absolute atomic E-state index is 12.0. The SMILES string of the molecule is COc1cc(Br)cc(C)c1NC(=O)c1nonc1N. The number of amides is 1. The molecule has 0 aliphatic heterocycles. The first kappa shape index (κ1) is 13.3. The zero-order chi connectivity index (χ0) is 14.0. The van der Waals surface area contributed by atoms with Crippen LogP contribution in [0, 0.1) is 6.92 Å². The molecule has 8 heteroatoms. The number of aromatic nitrogens is 2. The smallest absolute Gasteiger partial charge is 0.281 e. The van der Waals surface area contributed by atoms with Crippen LogP contribution in [0.5, 0.6) is 5.75 Å². The lowest BCUT2D eigenvalue weighted by molar-refractivity contribution is 0.101. The summed E-state index contributed by atoms with van der Waals surface area (Å²) < 4.78 is 10.5. The van der Waals surface area contributed by atoms with Gasteiger partial charge in [-0.1, -0.05) is 15.9 Å². The Bertz CT molecular complexity index is 626. The number of hydrogen-bond donors (Lipinski definition) is 2. The van der Waals surface area contributed by atoms with Crippen LogP contribution in [0.4, 0.5) is 11.5 Å². The summed E-state index contributed by atoms with van der Waals surface area (Å²) in [4.78, 5) is 12.0. The van der Waals surface area contributed by atoms with Crippen molar-refractivity contribution in [2.24, 2.45) is 0 Å². The third kappa shape index (κ3) is 2.68. The van der Waals surface area contributed by atoms with Crippen LogP contribution in [0.15, 0.2) is 21.2 Å². The molecular formula is C11H11BrN4O3. The highest BCUT2D eigenvalue weighted by Crippen LogP contribution is 2.32. The van der Waals surface area contributed by atoms with E-state index in [1.807, 2.05) is 13.0 Å². The van der Waals surface area contributed by atoms with E-state index in [0.717, 1.165) is 10.0 Å². The monoisotopic (exact) mass is 326 g/mol. The lowest BCUT2D eigenvalue weighted by Crippen LogP contribution is -2.15. The van der Waals surface area contributed by atoms with Crippen molar-refractivity contribution in [2.75, 3.05) is 18.2 Å². The minimum absolute atomic E-state index is 0.0637. The van der Waals surface area contributed by atoms with E-state index in [0.29, 0.717) is 11.4 Å². The molecule has 0 aliphatic carbocycles. The van der Waals surface area contributed by atoms with Crippen molar-refractivity contribution in [1.29, 1.82) is 0 Å². The lowest BCUT2D eigenvalue weighted by Gasteiger charge is -2.12. The number of carbonyl (C=O) groups is 1. The van der Waals surface area contributed by atoms with E-state index in [-0.39, 0.29) is 11.5 Å². The van der Waals surface area contributed by atoms with E-state index in [2.05, 4.69) is 36.2 Å². The number of ether oxygens (including phenoxy) is 1. The van der Waals surface area contributed by atoms with Crippen LogP contribution in [0.25, 0.3) is 0 Å². The fraction of sp³-hybridized carbons (Fsp3) is 0.182. The number of aryl methyl sites for hydroxylation is 1. The maximum Gasteiger partial charge on any atom is 0.281 e. The van der Waals surface area contributed by atoms with Crippen molar-refractivity contribution in [2.45, 2.75) is 6.92 Å². The zero-order valence-electron chi connectivity index (χ0n) is 10.2. The molecule has 0 unspecified atom stereocenters. The van der Waals surface area contributed by atoms with Crippen LogP contribution < -0.4 is 15.8 Å². The number of nitrogens with two attached hydrogens (primary N) is 1. The van der Waals surface area contributed by atoms with E-state index in [9.17, 15) is 4.79 Å². The molecule has 2 rings (SSSR count). The standard InChI is InChI=1S/C11H11BrN4O3/c1-5-3-6(12)4-7(18-2)8(5)14-11(17)9-10(13)16-19-15-9/h3-4H,1-2H3,(H2,13,16)(H,14,17). The summed E-state index contributed by atoms with van der Waals surface area (Å²) in [7, 11) is 1.52. The van der Waals surface area contributed by atoms with Gasteiger partial charge in [-0.25, -0.2) is 4.63 Å². The van der Waals surface area contributed by atoms with Crippen LogP contribution in [0.1, 0.15) is 16.1 Å². The summed E-state index contributed by atoms with van der Waals surface area (Å²) in [5.41, 5.74) is 6.76. The minimum atomic E-state index is -0.512. The number of methoxy groups -OCH3 is 1. The zero-order valence-corrected chi connectivity index (χ0v) is 11.8. The number of carbonyl (C=O) groups excluding carboxylic acids is 1. The van der Waals surface area contributed by atoms with Gasteiger partial charge in [-0.05, 0) is 34.9 Å². The van der Waals surface area contributed by atoms with Gasteiger partial charge in [-0.2, -0.15) is 0 Å². The number of rotatable bonds is 3. The molecule has 0 fully saturated rings. The second kappa shape index (κ2) is 5.27. The Hall–Kier alpha value is -2.09. The first-order chi connectivity index (χ1) is 9.02. The van der Waals surface area contributed by atoms with Crippen LogP contribution in [-0.2, 0) is 0 Å². The number of nitrogens with zero attached hydrogens (tertiary/aromatic N) is 2. The van der Waals surface area contributed by atoms with Gasteiger partial charge in [0.25, 0.3) is 5.91 Å². The first-order valence-electron chi connectivity index (χ1n) is 5.26. The Morgan fingerprint density at radius 3 is 2.79 bits per heavy atom. The van der Waals surface area contributed by atoms with Crippen molar-refractivity contribution in [1.82, 2.24) is 10.3 Å². The average Bonchev–Trinajstić information content (AvgIpc) is 2.78. The van der Waals surface area contributed by atoms with Gasteiger partial charge in [0.2, 0.25) is 11.5 Å². The number of anilines is 2. The molecule has 0 atom stereocenters. The molecular weight excluding hydrogens is 316 g/mol. The van der Waals surface area contributed by atoms with Gasteiger partial charge >= 0.3 is 0 Å². The molecule has 0 spiro atoms. The normalized spacial score (nSPS) is 10.3. The van der Waals surface area contributed by atoms with E-state index in [1.54, 1.807) is 6.07 Å². The second-order valence-corrected chi connectivity index (χ2v) is 4.67. The molecule has 1 amide bonds. The van der Waals surface area contributed by atoms with E-state index < -0.39 is 5.91 Å². The Balaban J connectivity index is 2.34. The Morgan fingerprint density at radius 1 is 1.47 bits per heavy atom. The Kier molecular flexibility index (Phi) is 3.70. The predicted molar refractivity (Wildman–Crippen MR) is 72.1 cm³/mol. The summed E-state index contributed by atoms with van der Waals surface area (Å²) in [6.45, 7) is 1.84. The fourth-order valence-corrected chi connectivity index (χ4v) is 2.11. The molecule has 1 aromatic carbocycles. The van der Waals surface area contributed by atoms with Crippen LogP contribution in [0.2, 0.25) is 0 Å². The molecule has 0 saturated carbocycles. The summed E-state index contributed by atoms with van der Waals surface area (Å²) in [5.74, 6) is -0.0519. The quantitative estimate of drug-likeness (QED) is 0.893. The maximum atomic E-state index is 12.0. The third-order valence-electron chi connectivity index (χ3n) is 2.45. The topological polar surface area (TPSA) is 103 Å². The first-order valence-corrected chi connectivity index (χ1v) is 6.05. The third-order valence-corrected chi connectivity index (χ3v) is 2.91. The Labute approximate surface area is 117 Å². The van der Waals surface area contributed by atoms with Crippen molar-refractivity contribution in [3.8, 4) is 5.75 Å². The number of nitrogens with one attached hydrogen (secondary N) is 1. The molecule has 1 aromatic heterocycles. The molecule has 0 saturated heterocycles. The van der Waals surface area contributed by atoms with Gasteiger partial charge in [-0.3, -0.25) is 4.79 Å². The highest BCUT2D eigenvalue weighted by atomic mass is 79.9. The molecule has 19 heavy (non-hydrogen) atoms. The molecule has 1 heterocycles. The second-order valence-electron chi connectivity index (χ2n) is 3.75. The van der Waals surface area contributed by atoms with Crippen molar-refractivity contribution >= 4 is 33.3 Å². The number of benzene rings is 1. The summed E-state index contributed by atoms with van der Waals surface area (Å²) >= 11 is 3.35. The largest absolute Gasteiger partial charge is 0.495 e. The van der Waals surface area contributed by atoms with E-state index >= 15 is 0 Å². The highest BCUT2D eigenvalue weighted by molar-refractivity contribution is 9.10. The molecule has 7 nitrogen and oxygen atoms in total. The molecule has 0 radical (unpaired) electrons. The molecule has 3 N–H and O–H groups in total. The average molecular weight is 327 g/mol. The molecule has 0 bridgehead atoms. The van der Waals surface area contributed by atoms with Crippen LogP contribution in [-0.4, -0.2) is 23.3 Å². The summed E-state index contributed by atoms with van der Waals surface area (Å²) in [5, 5.41) is 9.46. The summed E-state index contributed by atoms with van der Waals surface area (Å²) in [6.07, 6.45) is 0. The highest BCUT2D eigenvalue weighted by Gasteiger charge is 2.19. The van der Waals surface area contributed by atoms with E-state index in [4.69, 9.17) is 10.5 Å². The minimum Gasteiger partial charge on any atom is -0.495 e. The number of halogens is 1. The number of nitrogen functional groups attached to an aromatic ring is 1. The van der Waals surface area contributed by atoms with Crippen molar-refractivity contribution < 1.29 is 14.2 Å². The van der Waals surface area contributed by atoms with Crippen molar-refractivity contribution in [3.63, 3.8) is 0 Å². The van der Waals surface area contributed by atoms with Gasteiger partial charge in [0.1, 0.15) is 5.75 Å². The molecule has 0 aliphatic rings. The van der Waals surface area contributed by atoms with Gasteiger partial charge < -0.3 is 15.8 Å². The Morgan fingerprint density at radius 2 is 2.21 bits per heavy atom. The van der Waals surface area contributed by atoms with E-state index in [1.165, 1.54) is 7.11 Å². The van der Waals surface area contributed by atoms with Crippen LogP contribution >= 0.6 is 15.9 Å². The molecule has 100 valence electrons. The van der Waals surface area contributed by atoms with Crippen molar-refractivity contribution in [3.05, 3.63) is 27.9 Å². The van der Waals surface area contributed by atoms with Crippen LogP contribution in [0.3, 0.4) is 0 Å². The van der Waals surface area contributed by atoms with Gasteiger partial charge in [-0.15, -0.1) is 0 Å².